The van der Waals surface area contributed by atoms with Gasteiger partial charge in [0.1, 0.15) is 5.75 Å². The summed E-state index contributed by atoms with van der Waals surface area (Å²) in [5.74, 6) is 0.508. The third kappa shape index (κ3) is 5.12. The molecule has 0 saturated carbocycles. The lowest BCUT2D eigenvalue weighted by Crippen LogP contribution is -2.40. The molecule has 0 unspecified atom stereocenters. The van der Waals surface area contributed by atoms with Gasteiger partial charge in [-0.15, -0.1) is 12.4 Å². The zero-order valence-electron chi connectivity index (χ0n) is 16.0. The van der Waals surface area contributed by atoms with E-state index >= 15 is 0 Å². The second-order valence-electron chi connectivity index (χ2n) is 6.96. The molecule has 1 aliphatic rings. The minimum Gasteiger partial charge on any atom is -0.493 e. The molecule has 5 nitrogen and oxygen atoms in total. The Balaban J connectivity index is 0.00000256. The Morgan fingerprint density at radius 2 is 1.87 bits per heavy atom. The number of rotatable bonds is 7. The summed E-state index contributed by atoms with van der Waals surface area (Å²) in [6, 6.07) is 13.6. The van der Waals surface area contributed by atoms with E-state index < -0.39 is 11.7 Å². The maximum atomic E-state index is 13.6. The highest BCUT2D eigenvalue weighted by Crippen LogP contribution is 2.38. The predicted octanol–water partition coefficient (Wildman–Crippen LogP) is 4.88. The van der Waals surface area contributed by atoms with E-state index in [2.05, 4.69) is 15.5 Å². The van der Waals surface area contributed by atoms with Gasteiger partial charge >= 0.3 is 6.18 Å². The van der Waals surface area contributed by atoms with Crippen molar-refractivity contribution in [3.8, 4) is 17.1 Å². The Morgan fingerprint density at radius 1 is 1.10 bits per heavy atom. The first-order valence-electron chi connectivity index (χ1n) is 9.43. The van der Waals surface area contributed by atoms with Gasteiger partial charge < -0.3 is 14.6 Å². The normalized spacial score (nSPS) is 14.1. The Kier molecular flexibility index (Phi) is 6.99. The molecule has 2 heterocycles. The zero-order chi connectivity index (χ0) is 20.3. The number of benzene rings is 2. The molecule has 0 spiro atoms. The molecule has 3 aromatic rings. The number of halogens is 4. The van der Waals surface area contributed by atoms with Crippen molar-refractivity contribution in [3.05, 3.63) is 65.5 Å². The van der Waals surface area contributed by atoms with Crippen LogP contribution in [0.3, 0.4) is 0 Å². The number of hydrogen-bond donors (Lipinski definition) is 1. The maximum Gasteiger partial charge on any atom is 0.419 e. The number of nitrogens with zero attached hydrogens (tertiary/aromatic N) is 2. The van der Waals surface area contributed by atoms with Crippen LogP contribution in [0.25, 0.3) is 11.4 Å². The molecule has 30 heavy (non-hydrogen) atoms. The topological polar surface area (TPSA) is 60.2 Å². The summed E-state index contributed by atoms with van der Waals surface area (Å²) in [6.45, 7) is 1.65. The molecule has 1 saturated heterocycles. The molecule has 4 rings (SSSR count). The Morgan fingerprint density at radius 3 is 2.53 bits per heavy atom. The van der Waals surface area contributed by atoms with Crippen molar-refractivity contribution in [2.45, 2.75) is 24.9 Å². The fourth-order valence-electron chi connectivity index (χ4n) is 3.10. The average Bonchev–Trinajstić information content (AvgIpc) is 3.13. The lowest BCUT2D eigenvalue weighted by molar-refractivity contribution is -0.138. The van der Waals surface area contributed by atoms with Crippen LogP contribution in [0.2, 0.25) is 0 Å². The third-order valence-corrected chi connectivity index (χ3v) is 4.83. The van der Waals surface area contributed by atoms with E-state index in [1.807, 2.05) is 30.3 Å². The Bertz CT molecular complexity index is 960. The van der Waals surface area contributed by atoms with Crippen LogP contribution in [0.5, 0.6) is 5.75 Å². The van der Waals surface area contributed by atoms with E-state index in [1.54, 1.807) is 0 Å². The van der Waals surface area contributed by atoms with Gasteiger partial charge in [0.05, 0.1) is 18.1 Å². The first kappa shape index (κ1) is 22.1. The van der Waals surface area contributed by atoms with Crippen LogP contribution >= 0.6 is 12.4 Å². The van der Waals surface area contributed by atoms with Crippen molar-refractivity contribution in [1.82, 2.24) is 15.5 Å². The Labute approximate surface area is 178 Å². The van der Waals surface area contributed by atoms with E-state index in [0.29, 0.717) is 12.3 Å². The summed E-state index contributed by atoms with van der Waals surface area (Å²) in [6.07, 6.45) is -3.19. The summed E-state index contributed by atoms with van der Waals surface area (Å²) in [5, 5.41) is 6.92. The van der Waals surface area contributed by atoms with Gasteiger partial charge in [-0.05, 0) is 36.6 Å². The van der Waals surface area contributed by atoms with Crippen molar-refractivity contribution in [3.63, 3.8) is 0 Å². The van der Waals surface area contributed by atoms with Crippen LogP contribution in [0, 0.1) is 0 Å². The number of alkyl halides is 3. The predicted molar refractivity (Wildman–Crippen MR) is 108 cm³/mol. The van der Waals surface area contributed by atoms with Gasteiger partial charge in [0.2, 0.25) is 11.7 Å². The molecule has 0 amide bonds. The number of aromatic nitrogens is 2. The van der Waals surface area contributed by atoms with Gasteiger partial charge in [-0.25, -0.2) is 0 Å². The third-order valence-electron chi connectivity index (χ3n) is 4.83. The minimum atomic E-state index is -4.55. The molecular weight excluding hydrogens is 419 g/mol. The molecule has 1 aliphatic heterocycles. The molecule has 0 radical (unpaired) electrons. The molecule has 2 aromatic carbocycles. The highest BCUT2D eigenvalue weighted by atomic mass is 35.5. The summed E-state index contributed by atoms with van der Waals surface area (Å²) in [5.41, 5.74) is 0.527. The maximum absolute atomic E-state index is 13.6. The first-order chi connectivity index (χ1) is 14.0. The molecule has 9 heteroatoms. The van der Waals surface area contributed by atoms with E-state index in [9.17, 15) is 13.2 Å². The second-order valence-corrected chi connectivity index (χ2v) is 6.96. The molecule has 160 valence electrons. The number of aryl methyl sites for hydroxylation is 1. The van der Waals surface area contributed by atoms with Gasteiger partial charge in [-0.3, -0.25) is 0 Å². The van der Waals surface area contributed by atoms with Crippen molar-refractivity contribution < 1.29 is 22.4 Å². The van der Waals surface area contributed by atoms with Crippen molar-refractivity contribution in [1.29, 1.82) is 0 Å². The Hall–Kier alpha value is -2.58. The van der Waals surface area contributed by atoms with Crippen molar-refractivity contribution in [2.24, 2.45) is 0 Å². The van der Waals surface area contributed by atoms with Gasteiger partial charge in [0.15, 0.2) is 0 Å². The largest absolute Gasteiger partial charge is 0.493 e. The fourth-order valence-corrected chi connectivity index (χ4v) is 3.10. The lowest BCUT2D eigenvalue weighted by Gasteiger charge is -2.22. The first-order valence-corrected chi connectivity index (χ1v) is 9.43. The highest BCUT2D eigenvalue weighted by Gasteiger charge is 2.35. The quantitative estimate of drug-likeness (QED) is 0.532. The van der Waals surface area contributed by atoms with Gasteiger partial charge in [-0.1, -0.05) is 35.5 Å². The van der Waals surface area contributed by atoms with Crippen LogP contribution in [0.1, 0.15) is 29.4 Å². The van der Waals surface area contributed by atoms with E-state index in [0.717, 1.165) is 31.1 Å². The minimum absolute atomic E-state index is 0. The molecule has 0 atom stereocenters. The van der Waals surface area contributed by atoms with Crippen molar-refractivity contribution in [2.75, 3.05) is 19.7 Å². The smallest absolute Gasteiger partial charge is 0.419 e. The highest BCUT2D eigenvalue weighted by molar-refractivity contribution is 5.85. The molecule has 0 aliphatic carbocycles. The monoisotopic (exact) mass is 439 g/mol. The number of nitrogens with one attached hydrogen (secondary N) is 1. The zero-order valence-corrected chi connectivity index (χ0v) is 16.8. The molecular formula is C21H21ClF3N3O2. The average molecular weight is 440 g/mol. The van der Waals surface area contributed by atoms with Crippen LogP contribution in [0.15, 0.2) is 53.1 Å². The van der Waals surface area contributed by atoms with Crippen LogP contribution in [-0.4, -0.2) is 29.8 Å². The number of hydrogen-bond acceptors (Lipinski definition) is 5. The molecule has 1 aromatic heterocycles. The summed E-state index contributed by atoms with van der Waals surface area (Å²) in [7, 11) is 0. The molecule has 0 bridgehead atoms. The van der Waals surface area contributed by atoms with Crippen molar-refractivity contribution >= 4 is 12.4 Å². The molecule has 1 fully saturated rings. The number of ether oxygens (including phenoxy) is 1. The van der Waals surface area contributed by atoms with Gasteiger partial charge in [-0.2, -0.15) is 18.2 Å². The molecule has 1 N–H and O–H groups in total. The lowest BCUT2D eigenvalue weighted by atomic mass is 10.0. The summed E-state index contributed by atoms with van der Waals surface area (Å²) < 4.78 is 51.3. The summed E-state index contributed by atoms with van der Waals surface area (Å²) in [4.78, 5) is 4.24. The van der Waals surface area contributed by atoms with E-state index in [1.165, 1.54) is 12.1 Å². The van der Waals surface area contributed by atoms with Crippen LogP contribution in [0.4, 0.5) is 13.2 Å². The van der Waals surface area contributed by atoms with E-state index in [-0.39, 0.29) is 42.1 Å². The van der Waals surface area contributed by atoms with Gasteiger partial charge in [0, 0.05) is 18.7 Å². The standard InChI is InChI=1S/C21H20F3N3O2.ClH/c22-21(23,24)17-11-15(19-26-20(29-27-19)16-12-25-13-16)8-9-18(17)28-10-4-7-14-5-2-1-3-6-14;/h1-3,5-6,8-9,11,16,25H,4,7,10,12-13H2;1H. The summed E-state index contributed by atoms with van der Waals surface area (Å²) >= 11 is 0. The van der Waals surface area contributed by atoms with Crippen LogP contribution in [-0.2, 0) is 12.6 Å². The SMILES string of the molecule is Cl.FC(F)(F)c1cc(-c2noc(C3CNC3)n2)ccc1OCCCc1ccccc1. The fraction of sp³-hybridized carbons (Fsp3) is 0.333. The second kappa shape index (κ2) is 9.49. The van der Waals surface area contributed by atoms with E-state index in [4.69, 9.17) is 9.26 Å². The van der Waals surface area contributed by atoms with Crippen LogP contribution < -0.4 is 10.1 Å². The van der Waals surface area contributed by atoms with Gasteiger partial charge in [0.25, 0.3) is 0 Å².